The van der Waals surface area contributed by atoms with Crippen molar-refractivity contribution in [2.45, 2.75) is 33.1 Å². The molecule has 2 aromatic rings. The van der Waals surface area contributed by atoms with E-state index in [-0.39, 0.29) is 0 Å². The van der Waals surface area contributed by atoms with Crippen LogP contribution in [0.25, 0.3) is 10.7 Å². The quantitative estimate of drug-likeness (QED) is 0.862. The second-order valence-corrected chi connectivity index (χ2v) is 4.40. The standard InChI is InChI=1S/C11H15N3S/c1-3-5-9-12-11(14-13-9)10-8(4-2)6-7-15-10/h6-7H,3-5H2,1-2H3,(H,12,13,14). The third-order valence-electron chi connectivity index (χ3n) is 2.35. The van der Waals surface area contributed by atoms with E-state index in [0.29, 0.717) is 0 Å². The average Bonchev–Trinajstić information content (AvgIpc) is 2.84. The maximum Gasteiger partial charge on any atom is 0.191 e. The van der Waals surface area contributed by atoms with Gasteiger partial charge < -0.3 is 0 Å². The smallest absolute Gasteiger partial charge is 0.191 e. The Hall–Kier alpha value is -1.16. The van der Waals surface area contributed by atoms with E-state index in [2.05, 4.69) is 40.5 Å². The molecule has 0 amide bonds. The Morgan fingerprint density at radius 2 is 2.27 bits per heavy atom. The Morgan fingerprint density at radius 3 is 3.00 bits per heavy atom. The molecule has 1 N–H and O–H groups in total. The van der Waals surface area contributed by atoms with Crippen molar-refractivity contribution < 1.29 is 0 Å². The molecule has 0 aliphatic rings. The number of thiophene rings is 1. The van der Waals surface area contributed by atoms with Crippen molar-refractivity contribution in [3.63, 3.8) is 0 Å². The number of aromatic amines is 1. The van der Waals surface area contributed by atoms with Gasteiger partial charge in [0.25, 0.3) is 0 Å². The lowest BCUT2D eigenvalue weighted by atomic mass is 10.2. The van der Waals surface area contributed by atoms with Crippen molar-refractivity contribution in [2.24, 2.45) is 0 Å². The zero-order valence-electron chi connectivity index (χ0n) is 9.08. The lowest BCUT2D eigenvalue weighted by Crippen LogP contribution is -1.85. The average molecular weight is 221 g/mol. The highest BCUT2D eigenvalue weighted by Gasteiger charge is 2.10. The minimum Gasteiger partial charge on any atom is -0.263 e. The SMILES string of the molecule is CCCc1nc(-c2sccc2CC)n[nH]1. The topological polar surface area (TPSA) is 41.6 Å². The van der Waals surface area contributed by atoms with Gasteiger partial charge >= 0.3 is 0 Å². The highest BCUT2D eigenvalue weighted by atomic mass is 32.1. The molecule has 4 heteroatoms. The normalized spacial score (nSPS) is 10.8. The molecule has 15 heavy (non-hydrogen) atoms. The third-order valence-corrected chi connectivity index (χ3v) is 3.30. The summed E-state index contributed by atoms with van der Waals surface area (Å²) < 4.78 is 0. The summed E-state index contributed by atoms with van der Waals surface area (Å²) in [6.45, 7) is 4.30. The zero-order valence-corrected chi connectivity index (χ0v) is 9.90. The number of H-pyrrole nitrogens is 1. The van der Waals surface area contributed by atoms with E-state index < -0.39 is 0 Å². The molecule has 80 valence electrons. The first-order chi connectivity index (χ1) is 7.35. The van der Waals surface area contributed by atoms with Gasteiger partial charge in [-0.25, -0.2) is 4.98 Å². The molecule has 0 spiro atoms. The lowest BCUT2D eigenvalue weighted by Gasteiger charge is -1.94. The van der Waals surface area contributed by atoms with Crippen molar-refractivity contribution >= 4 is 11.3 Å². The number of nitrogens with zero attached hydrogens (tertiary/aromatic N) is 2. The van der Waals surface area contributed by atoms with Gasteiger partial charge in [0, 0.05) is 6.42 Å². The van der Waals surface area contributed by atoms with Crippen LogP contribution < -0.4 is 0 Å². The highest BCUT2D eigenvalue weighted by Crippen LogP contribution is 2.27. The molecule has 0 atom stereocenters. The van der Waals surface area contributed by atoms with E-state index in [9.17, 15) is 0 Å². The van der Waals surface area contributed by atoms with Crippen LogP contribution in [0.2, 0.25) is 0 Å². The number of rotatable bonds is 4. The predicted octanol–water partition coefficient (Wildman–Crippen LogP) is 3.05. The molecule has 0 aliphatic carbocycles. The monoisotopic (exact) mass is 221 g/mol. The first-order valence-corrected chi connectivity index (χ1v) is 6.21. The number of hydrogen-bond acceptors (Lipinski definition) is 3. The number of aryl methyl sites for hydroxylation is 2. The molecule has 0 unspecified atom stereocenters. The molecular formula is C11H15N3S. The molecule has 0 aromatic carbocycles. The lowest BCUT2D eigenvalue weighted by molar-refractivity contribution is 0.841. The van der Waals surface area contributed by atoms with Crippen molar-refractivity contribution in [1.29, 1.82) is 0 Å². The third kappa shape index (κ3) is 2.09. The van der Waals surface area contributed by atoms with E-state index in [1.54, 1.807) is 11.3 Å². The minimum atomic E-state index is 0.852. The summed E-state index contributed by atoms with van der Waals surface area (Å²) in [6, 6.07) is 2.15. The number of nitrogens with one attached hydrogen (secondary N) is 1. The van der Waals surface area contributed by atoms with Crippen LogP contribution in [0.5, 0.6) is 0 Å². The Kier molecular flexibility index (Phi) is 3.16. The van der Waals surface area contributed by atoms with E-state index in [1.807, 2.05) is 0 Å². The fourth-order valence-electron chi connectivity index (χ4n) is 1.56. The summed E-state index contributed by atoms with van der Waals surface area (Å²) in [5, 5.41) is 9.35. The van der Waals surface area contributed by atoms with Crippen molar-refractivity contribution in [3.8, 4) is 10.7 Å². The van der Waals surface area contributed by atoms with E-state index in [0.717, 1.165) is 30.9 Å². The van der Waals surface area contributed by atoms with Gasteiger partial charge in [-0.15, -0.1) is 11.3 Å². The van der Waals surface area contributed by atoms with Crippen LogP contribution in [-0.2, 0) is 12.8 Å². The van der Waals surface area contributed by atoms with Crippen molar-refractivity contribution in [1.82, 2.24) is 15.2 Å². The van der Waals surface area contributed by atoms with Gasteiger partial charge in [0.15, 0.2) is 5.82 Å². The summed E-state index contributed by atoms with van der Waals surface area (Å²) in [5.74, 6) is 1.84. The molecular weight excluding hydrogens is 206 g/mol. The molecule has 2 aromatic heterocycles. The number of aromatic nitrogens is 3. The Bertz CT molecular complexity index is 430. The van der Waals surface area contributed by atoms with Gasteiger partial charge in [0.1, 0.15) is 5.82 Å². The second kappa shape index (κ2) is 4.57. The molecule has 0 bridgehead atoms. The van der Waals surface area contributed by atoms with Gasteiger partial charge in [-0.1, -0.05) is 13.8 Å². The van der Waals surface area contributed by atoms with Crippen molar-refractivity contribution in [2.75, 3.05) is 0 Å². The summed E-state index contributed by atoms with van der Waals surface area (Å²) in [6.07, 6.45) is 3.11. The Balaban J connectivity index is 2.28. The van der Waals surface area contributed by atoms with Gasteiger partial charge in [0.05, 0.1) is 4.88 Å². The first-order valence-electron chi connectivity index (χ1n) is 5.33. The molecule has 0 fully saturated rings. The molecule has 3 nitrogen and oxygen atoms in total. The maximum absolute atomic E-state index is 4.49. The first kappa shape index (κ1) is 10.4. The molecule has 2 rings (SSSR count). The zero-order chi connectivity index (χ0) is 10.7. The van der Waals surface area contributed by atoms with Gasteiger partial charge in [-0.2, -0.15) is 5.10 Å². The van der Waals surface area contributed by atoms with E-state index >= 15 is 0 Å². The van der Waals surface area contributed by atoms with Crippen LogP contribution >= 0.6 is 11.3 Å². The van der Waals surface area contributed by atoms with Crippen LogP contribution in [0.1, 0.15) is 31.7 Å². The second-order valence-electron chi connectivity index (χ2n) is 3.48. The van der Waals surface area contributed by atoms with Crippen LogP contribution in [-0.4, -0.2) is 15.2 Å². The van der Waals surface area contributed by atoms with Gasteiger partial charge in [-0.3, -0.25) is 5.10 Å². The summed E-state index contributed by atoms with van der Waals surface area (Å²) >= 11 is 1.71. The highest BCUT2D eigenvalue weighted by molar-refractivity contribution is 7.13. The van der Waals surface area contributed by atoms with E-state index in [1.165, 1.54) is 10.4 Å². The van der Waals surface area contributed by atoms with E-state index in [4.69, 9.17) is 0 Å². The van der Waals surface area contributed by atoms with Crippen LogP contribution in [0.4, 0.5) is 0 Å². The summed E-state index contributed by atoms with van der Waals surface area (Å²) in [4.78, 5) is 5.70. The Morgan fingerprint density at radius 1 is 1.40 bits per heavy atom. The van der Waals surface area contributed by atoms with Crippen LogP contribution in [0.15, 0.2) is 11.4 Å². The van der Waals surface area contributed by atoms with Crippen LogP contribution in [0, 0.1) is 0 Å². The minimum absolute atomic E-state index is 0.852. The molecule has 0 saturated heterocycles. The fraction of sp³-hybridized carbons (Fsp3) is 0.455. The van der Waals surface area contributed by atoms with Crippen molar-refractivity contribution in [3.05, 3.63) is 22.8 Å². The maximum atomic E-state index is 4.49. The number of hydrogen-bond donors (Lipinski definition) is 1. The predicted molar refractivity (Wildman–Crippen MR) is 63.1 cm³/mol. The molecule has 2 heterocycles. The molecule has 0 saturated carbocycles. The summed E-state index contributed by atoms with van der Waals surface area (Å²) in [7, 11) is 0. The summed E-state index contributed by atoms with van der Waals surface area (Å²) in [5.41, 5.74) is 1.34. The molecule has 0 aliphatic heterocycles. The van der Waals surface area contributed by atoms with Crippen LogP contribution in [0.3, 0.4) is 0 Å². The Labute approximate surface area is 93.6 Å². The largest absolute Gasteiger partial charge is 0.263 e. The van der Waals surface area contributed by atoms with Gasteiger partial charge in [-0.05, 0) is 29.9 Å². The fourth-order valence-corrected chi connectivity index (χ4v) is 2.48. The molecule has 0 radical (unpaired) electrons. The van der Waals surface area contributed by atoms with Gasteiger partial charge in [0.2, 0.25) is 0 Å².